The zero-order valence-electron chi connectivity index (χ0n) is 10.5. The number of rotatable bonds is 8. The number of aliphatic hydroxyl groups excluding tert-OH is 1. The van der Waals surface area contributed by atoms with Crippen LogP contribution in [0.25, 0.3) is 0 Å². The molecule has 96 valence electrons. The van der Waals surface area contributed by atoms with Crippen molar-refractivity contribution in [2.45, 2.75) is 45.1 Å². The summed E-state index contributed by atoms with van der Waals surface area (Å²) < 4.78 is 0. The van der Waals surface area contributed by atoms with Crippen molar-refractivity contribution < 1.29 is 5.11 Å². The molecule has 2 nitrogen and oxygen atoms in total. The lowest BCUT2D eigenvalue weighted by Crippen LogP contribution is -2.23. The van der Waals surface area contributed by atoms with Crippen LogP contribution in [0.3, 0.4) is 0 Å². The minimum absolute atomic E-state index is 0.130. The summed E-state index contributed by atoms with van der Waals surface area (Å²) in [6, 6.07) is 7.75. The molecule has 1 rings (SSSR count). The van der Waals surface area contributed by atoms with Crippen LogP contribution in [-0.2, 0) is 0 Å². The molecule has 0 fully saturated rings. The molecule has 0 saturated carbocycles. The Labute approximate surface area is 109 Å². The van der Waals surface area contributed by atoms with Gasteiger partial charge in [-0.25, -0.2) is 0 Å². The first-order valence-corrected chi connectivity index (χ1v) is 6.77. The highest BCUT2D eigenvalue weighted by atomic mass is 35.5. The zero-order chi connectivity index (χ0) is 12.5. The van der Waals surface area contributed by atoms with Crippen molar-refractivity contribution in [2.75, 3.05) is 11.9 Å². The maximum absolute atomic E-state index is 9.32. The molecule has 0 radical (unpaired) electrons. The number of aliphatic hydroxyl groups is 1. The van der Waals surface area contributed by atoms with Crippen molar-refractivity contribution in [3.05, 3.63) is 29.3 Å². The maximum atomic E-state index is 9.32. The van der Waals surface area contributed by atoms with Crippen LogP contribution >= 0.6 is 11.6 Å². The first-order chi connectivity index (χ1) is 8.26. The van der Waals surface area contributed by atoms with Crippen LogP contribution < -0.4 is 5.32 Å². The Morgan fingerprint density at radius 3 is 2.76 bits per heavy atom. The second-order valence-electron chi connectivity index (χ2n) is 4.38. The number of hydrogen-bond donors (Lipinski definition) is 2. The number of nitrogens with one attached hydrogen (secondary N) is 1. The Morgan fingerprint density at radius 1 is 1.29 bits per heavy atom. The summed E-state index contributed by atoms with van der Waals surface area (Å²) in [6.45, 7) is 2.37. The van der Waals surface area contributed by atoms with Crippen LogP contribution in [-0.4, -0.2) is 17.8 Å². The Bertz CT molecular complexity index is 317. The summed E-state index contributed by atoms with van der Waals surface area (Å²) in [7, 11) is 0. The summed E-state index contributed by atoms with van der Waals surface area (Å²) in [5, 5.41) is 13.3. The molecule has 3 heteroatoms. The molecule has 0 saturated heterocycles. The predicted octanol–water partition coefficient (Wildman–Crippen LogP) is 4.08. The third-order valence-electron chi connectivity index (χ3n) is 2.82. The van der Waals surface area contributed by atoms with Crippen molar-refractivity contribution in [2.24, 2.45) is 0 Å². The van der Waals surface area contributed by atoms with Gasteiger partial charge < -0.3 is 10.4 Å². The molecule has 0 heterocycles. The third kappa shape index (κ3) is 5.94. The van der Waals surface area contributed by atoms with E-state index in [1.165, 1.54) is 19.3 Å². The van der Waals surface area contributed by atoms with Gasteiger partial charge in [0.05, 0.1) is 6.61 Å². The minimum atomic E-state index is 0.130. The quantitative estimate of drug-likeness (QED) is 0.686. The van der Waals surface area contributed by atoms with E-state index in [2.05, 4.69) is 12.2 Å². The van der Waals surface area contributed by atoms with Crippen LogP contribution in [0.2, 0.25) is 5.02 Å². The van der Waals surface area contributed by atoms with E-state index in [1.54, 1.807) is 0 Å². The summed E-state index contributed by atoms with van der Waals surface area (Å²) in [6.07, 6.45) is 5.92. The Morgan fingerprint density at radius 2 is 2.12 bits per heavy atom. The Hall–Kier alpha value is -0.730. The molecule has 1 atom stereocenters. The second kappa shape index (κ2) is 8.37. The molecule has 1 unspecified atom stereocenters. The minimum Gasteiger partial charge on any atom is -0.394 e. The fourth-order valence-corrected chi connectivity index (χ4v) is 2.03. The average Bonchev–Trinajstić information content (AvgIpc) is 2.33. The number of unbranched alkanes of at least 4 members (excludes halogenated alkanes) is 3. The van der Waals surface area contributed by atoms with Crippen molar-refractivity contribution in [1.82, 2.24) is 0 Å². The smallest absolute Gasteiger partial charge is 0.0632 e. The Kier molecular flexibility index (Phi) is 7.06. The van der Waals surface area contributed by atoms with Gasteiger partial charge in [0.15, 0.2) is 0 Å². The van der Waals surface area contributed by atoms with Crippen LogP contribution in [0.1, 0.15) is 39.0 Å². The van der Waals surface area contributed by atoms with E-state index < -0.39 is 0 Å². The van der Waals surface area contributed by atoms with Gasteiger partial charge in [-0.3, -0.25) is 0 Å². The first-order valence-electron chi connectivity index (χ1n) is 6.39. The van der Waals surface area contributed by atoms with Gasteiger partial charge >= 0.3 is 0 Å². The van der Waals surface area contributed by atoms with E-state index >= 15 is 0 Å². The first kappa shape index (κ1) is 14.3. The predicted molar refractivity (Wildman–Crippen MR) is 74.7 cm³/mol. The summed E-state index contributed by atoms with van der Waals surface area (Å²) in [5.74, 6) is 0. The highest BCUT2D eigenvalue weighted by Crippen LogP contribution is 2.17. The number of benzene rings is 1. The van der Waals surface area contributed by atoms with E-state index in [9.17, 15) is 5.11 Å². The van der Waals surface area contributed by atoms with Crippen LogP contribution in [0, 0.1) is 0 Å². The molecule has 0 spiro atoms. The van der Waals surface area contributed by atoms with Gasteiger partial charge in [-0.15, -0.1) is 0 Å². The molecule has 0 aliphatic carbocycles. The second-order valence-corrected chi connectivity index (χ2v) is 4.82. The van der Waals surface area contributed by atoms with Crippen LogP contribution in [0.15, 0.2) is 24.3 Å². The molecular formula is C14H22ClNO. The van der Waals surface area contributed by atoms with Gasteiger partial charge in [0.2, 0.25) is 0 Å². The normalized spacial score (nSPS) is 12.4. The fraction of sp³-hybridized carbons (Fsp3) is 0.571. The van der Waals surface area contributed by atoms with Crippen molar-refractivity contribution >= 4 is 17.3 Å². The standard InChI is InChI=1S/C14H22ClNO/c1-2-3-4-5-8-14(11-17)16-13-9-6-7-12(15)10-13/h6-7,9-10,14,16-17H,2-5,8,11H2,1H3. The van der Waals surface area contributed by atoms with Crippen molar-refractivity contribution in [3.63, 3.8) is 0 Å². The van der Waals surface area contributed by atoms with E-state index in [1.807, 2.05) is 24.3 Å². The molecule has 1 aromatic carbocycles. The van der Waals surface area contributed by atoms with Crippen LogP contribution in [0.4, 0.5) is 5.69 Å². The molecule has 0 aliphatic heterocycles. The van der Waals surface area contributed by atoms with Gasteiger partial charge in [0.25, 0.3) is 0 Å². The molecule has 0 aromatic heterocycles. The van der Waals surface area contributed by atoms with Gasteiger partial charge in [-0.05, 0) is 24.6 Å². The maximum Gasteiger partial charge on any atom is 0.0632 e. The van der Waals surface area contributed by atoms with E-state index in [4.69, 9.17) is 11.6 Å². The van der Waals surface area contributed by atoms with Crippen molar-refractivity contribution in [1.29, 1.82) is 0 Å². The monoisotopic (exact) mass is 255 g/mol. The molecule has 1 aromatic rings. The fourth-order valence-electron chi connectivity index (χ4n) is 1.84. The van der Waals surface area contributed by atoms with E-state index in [0.29, 0.717) is 0 Å². The summed E-state index contributed by atoms with van der Waals surface area (Å²) in [5.41, 5.74) is 0.979. The van der Waals surface area contributed by atoms with Gasteiger partial charge in [0, 0.05) is 16.8 Å². The Balaban J connectivity index is 2.35. The van der Waals surface area contributed by atoms with Crippen molar-refractivity contribution in [3.8, 4) is 0 Å². The van der Waals surface area contributed by atoms with E-state index in [0.717, 1.165) is 23.6 Å². The molecule has 0 aliphatic rings. The molecule has 0 amide bonds. The number of hydrogen-bond acceptors (Lipinski definition) is 2. The lowest BCUT2D eigenvalue weighted by Gasteiger charge is -2.17. The lowest BCUT2D eigenvalue weighted by molar-refractivity contribution is 0.266. The number of halogens is 1. The van der Waals surface area contributed by atoms with Gasteiger partial charge in [-0.1, -0.05) is 50.3 Å². The number of anilines is 1. The topological polar surface area (TPSA) is 32.3 Å². The molecule has 2 N–H and O–H groups in total. The molecule has 0 bridgehead atoms. The summed E-state index contributed by atoms with van der Waals surface area (Å²) in [4.78, 5) is 0. The van der Waals surface area contributed by atoms with Crippen LogP contribution in [0.5, 0.6) is 0 Å². The largest absolute Gasteiger partial charge is 0.394 e. The molecule has 17 heavy (non-hydrogen) atoms. The summed E-state index contributed by atoms with van der Waals surface area (Å²) >= 11 is 5.91. The molecular weight excluding hydrogens is 234 g/mol. The third-order valence-corrected chi connectivity index (χ3v) is 3.06. The SMILES string of the molecule is CCCCCCC(CO)Nc1cccc(Cl)c1. The highest BCUT2D eigenvalue weighted by molar-refractivity contribution is 6.30. The lowest BCUT2D eigenvalue weighted by atomic mass is 10.1. The highest BCUT2D eigenvalue weighted by Gasteiger charge is 2.06. The van der Waals surface area contributed by atoms with Gasteiger partial charge in [0.1, 0.15) is 0 Å². The average molecular weight is 256 g/mol. The zero-order valence-corrected chi connectivity index (χ0v) is 11.2. The van der Waals surface area contributed by atoms with E-state index in [-0.39, 0.29) is 12.6 Å². The van der Waals surface area contributed by atoms with Gasteiger partial charge in [-0.2, -0.15) is 0 Å².